The molecular weight excluding hydrogens is 306 g/mol. The van der Waals surface area contributed by atoms with Gasteiger partial charge in [-0.05, 0) is 37.5 Å². The molecule has 0 radical (unpaired) electrons. The number of amides is 1. The molecule has 3 N–H and O–H groups in total. The zero-order chi connectivity index (χ0) is 16.8. The summed E-state index contributed by atoms with van der Waals surface area (Å²) in [5, 5.41) is 2.78. The summed E-state index contributed by atoms with van der Waals surface area (Å²) < 4.78 is 34.5. The summed E-state index contributed by atoms with van der Waals surface area (Å²) >= 11 is 0. The highest BCUT2D eigenvalue weighted by Crippen LogP contribution is 2.27. The van der Waals surface area contributed by atoms with Gasteiger partial charge < -0.3 is 20.5 Å². The number of methoxy groups -OCH3 is 1. The molecule has 0 spiro atoms. The number of alkyl halides is 2. The minimum absolute atomic E-state index is 0.0291. The molecule has 7 heteroatoms. The lowest BCUT2D eigenvalue weighted by atomic mass is 9.85. The fraction of sp³-hybridized carbons (Fsp3) is 0.562. The number of carbonyl (C=O) groups is 1. The van der Waals surface area contributed by atoms with Crippen LogP contribution in [0.4, 0.5) is 8.78 Å². The highest BCUT2D eigenvalue weighted by Gasteiger charge is 2.25. The second kappa shape index (κ2) is 8.10. The van der Waals surface area contributed by atoms with Gasteiger partial charge in [-0.25, -0.2) is 0 Å². The molecule has 1 amide bonds. The number of ether oxygens (including phenoxy) is 2. The Morgan fingerprint density at radius 2 is 2.22 bits per heavy atom. The number of hydrogen-bond donors (Lipinski definition) is 2. The van der Waals surface area contributed by atoms with Crippen LogP contribution in [0, 0.1) is 5.92 Å². The van der Waals surface area contributed by atoms with Crippen molar-refractivity contribution in [3.63, 3.8) is 0 Å². The maximum atomic E-state index is 12.5. The van der Waals surface area contributed by atoms with Crippen LogP contribution in [0.15, 0.2) is 18.2 Å². The summed E-state index contributed by atoms with van der Waals surface area (Å²) in [7, 11) is 1.48. The predicted octanol–water partition coefficient (Wildman–Crippen LogP) is 2.43. The Hall–Kier alpha value is -1.89. The van der Waals surface area contributed by atoms with Gasteiger partial charge in [0, 0.05) is 24.1 Å². The molecule has 1 saturated carbocycles. The van der Waals surface area contributed by atoms with E-state index in [4.69, 9.17) is 10.5 Å². The Kier molecular flexibility index (Phi) is 6.15. The molecule has 2 rings (SSSR count). The third kappa shape index (κ3) is 5.06. The average Bonchev–Trinajstić information content (AvgIpc) is 2.53. The van der Waals surface area contributed by atoms with E-state index >= 15 is 0 Å². The van der Waals surface area contributed by atoms with Gasteiger partial charge in [-0.15, -0.1) is 0 Å². The van der Waals surface area contributed by atoms with E-state index in [1.54, 1.807) is 6.07 Å². The minimum Gasteiger partial charge on any atom is -0.497 e. The van der Waals surface area contributed by atoms with Gasteiger partial charge in [-0.1, -0.05) is 6.42 Å². The Bertz CT molecular complexity index is 540. The van der Waals surface area contributed by atoms with Crippen molar-refractivity contribution in [2.24, 2.45) is 11.7 Å². The quantitative estimate of drug-likeness (QED) is 0.841. The summed E-state index contributed by atoms with van der Waals surface area (Å²) in [6.07, 6.45) is 3.33. The second-order valence-corrected chi connectivity index (χ2v) is 5.69. The van der Waals surface area contributed by atoms with Gasteiger partial charge in [0.1, 0.15) is 11.5 Å². The minimum atomic E-state index is -2.92. The van der Waals surface area contributed by atoms with Gasteiger partial charge >= 0.3 is 6.61 Å². The van der Waals surface area contributed by atoms with E-state index in [2.05, 4.69) is 10.1 Å². The van der Waals surface area contributed by atoms with E-state index in [1.165, 1.54) is 19.2 Å². The molecule has 0 aromatic heterocycles. The molecule has 2 unspecified atom stereocenters. The number of rotatable bonds is 6. The molecule has 0 heterocycles. The van der Waals surface area contributed by atoms with E-state index in [-0.39, 0.29) is 30.2 Å². The Morgan fingerprint density at radius 1 is 1.43 bits per heavy atom. The van der Waals surface area contributed by atoms with Crippen LogP contribution in [0.1, 0.15) is 31.2 Å². The van der Waals surface area contributed by atoms with Gasteiger partial charge in [0.15, 0.2) is 0 Å². The number of hydrogen-bond acceptors (Lipinski definition) is 4. The van der Waals surface area contributed by atoms with Gasteiger partial charge in [0.05, 0.1) is 7.11 Å². The standard InChI is InChI=1S/C16H22F2N2O3/c1-22-13-5-6-14(23-16(17)18)11(8-13)9-20-15(21)10-3-2-4-12(19)7-10/h5-6,8,10,12,16H,2-4,7,9,19H2,1H3,(H,20,21). The molecule has 0 saturated heterocycles. The van der Waals surface area contributed by atoms with Crippen molar-refractivity contribution < 1.29 is 23.0 Å². The second-order valence-electron chi connectivity index (χ2n) is 5.69. The zero-order valence-electron chi connectivity index (χ0n) is 13.1. The van der Waals surface area contributed by atoms with E-state index < -0.39 is 6.61 Å². The number of carbonyl (C=O) groups excluding carboxylic acids is 1. The molecule has 0 aliphatic heterocycles. The van der Waals surface area contributed by atoms with Crippen LogP contribution in [0.25, 0.3) is 0 Å². The third-order valence-corrected chi connectivity index (χ3v) is 4.02. The molecule has 1 aromatic rings. The molecule has 5 nitrogen and oxygen atoms in total. The van der Waals surface area contributed by atoms with Gasteiger partial charge in [-0.3, -0.25) is 4.79 Å². The maximum absolute atomic E-state index is 12.5. The Labute approximate surface area is 134 Å². The lowest BCUT2D eigenvalue weighted by molar-refractivity contribution is -0.126. The van der Waals surface area contributed by atoms with Crippen LogP contribution in [0.2, 0.25) is 0 Å². The normalized spacial score (nSPS) is 21.1. The summed E-state index contributed by atoms with van der Waals surface area (Å²) in [4.78, 5) is 12.2. The molecule has 0 bridgehead atoms. The number of nitrogens with one attached hydrogen (secondary N) is 1. The fourth-order valence-corrected chi connectivity index (χ4v) is 2.82. The van der Waals surface area contributed by atoms with Gasteiger partial charge in [0.2, 0.25) is 5.91 Å². The highest BCUT2D eigenvalue weighted by molar-refractivity contribution is 5.78. The lowest BCUT2D eigenvalue weighted by Crippen LogP contribution is -2.37. The Balaban J connectivity index is 2.01. The third-order valence-electron chi connectivity index (χ3n) is 4.02. The van der Waals surface area contributed by atoms with E-state index in [0.29, 0.717) is 17.7 Å². The van der Waals surface area contributed by atoms with Gasteiger partial charge in [0.25, 0.3) is 0 Å². The fourth-order valence-electron chi connectivity index (χ4n) is 2.82. The summed E-state index contributed by atoms with van der Waals surface area (Å²) in [5.74, 6) is 0.312. The summed E-state index contributed by atoms with van der Waals surface area (Å²) in [6, 6.07) is 4.56. The molecule has 1 aromatic carbocycles. The number of halogens is 2. The van der Waals surface area contributed by atoms with Gasteiger partial charge in [-0.2, -0.15) is 8.78 Å². The molecule has 23 heavy (non-hydrogen) atoms. The number of benzene rings is 1. The van der Waals surface area contributed by atoms with E-state index in [1.807, 2.05) is 0 Å². The van der Waals surface area contributed by atoms with Crippen LogP contribution in [0.3, 0.4) is 0 Å². The van der Waals surface area contributed by atoms with E-state index in [9.17, 15) is 13.6 Å². The molecule has 1 aliphatic carbocycles. The van der Waals surface area contributed by atoms with Crippen LogP contribution in [-0.2, 0) is 11.3 Å². The lowest BCUT2D eigenvalue weighted by Gasteiger charge is -2.25. The van der Waals surface area contributed by atoms with Crippen molar-refractivity contribution in [1.29, 1.82) is 0 Å². The van der Waals surface area contributed by atoms with Crippen molar-refractivity contribution in [3.05, 3.63) is 23.8 Å². The maximum Gasteiger partial charge on any atom is 0.387 e. The topological polar surface area (TPSA) is 73.6 Å². The first kappa shape index (κ1) is 17.5. The molecule has 1 aliphatic rings. The summed E-state index contributed by atoms with van der Waals surface area (Å²) in [5.41, 5.74) is 6.33. The zero-order valence-corrected chi connectivity index (χ0v) is 13.1. The molecule has 2 atom stereocenters. The van der Waals surface area contributed by atoms with Crippen molar-refractivity contribution in [2.45, 2.75) is 44.9 Å². The van der Waals surface area contributed by atoms with Crippen LogP contribution < -0.4 is 20.5 Å². The monoisotopic (exact) mass is 328 g/mol. The van der Waals surface area contributed by atoms with Crippen molar-refractivity contribution in [2.75, 3.05) is 7.11 Å². The van der Waals surface area contributed by atoms with Crippen LogP contribution in [0.5, 0.6) is 11.5 Å². The first-order chi connectivity index (χ1) is 11.0. The molecular formula is C16H22F2N2O3. The SMILES string of the molecule is COc1ccc(OC(F)F)c(CNC(=O)C2CCCC(N)C2)c1. The highest BCUT2D eigenvalue weighted by atomic mass is 19.3. The largest absolute Gasteiger partial charge is 0.497 e. The summed E-state index contributed by atoms with van der Waals surface area (Å²) in [6.45, 7) is -2.82. The van der Waals surface area contributed by atoms with E-state index in [0.717, 1.165) is 19.3 Å². The van der Waals surface area contributed by atoms with Crippen LogP contribution >= 0.6 is 0 Å². The predicted molar refractivity (Wildman–Crippen MR) is 81.4 cm³/mol. The number of nitrogens with two attached hydrogens (primary N) is 1. The first-order valence-electron chi connectivity index (χ1n) is 7.64. The van der Waals surface area contributed by atoms with Crippen LogP contribution in [-0.4, -0.2) is 25.7 Å². The first-order valence-corrected chi connectivity index (χ1v) is 7.64. The van der Waals surface area contributed by atoms with Crippen molar-refractivity contribution in [3.8, 4) is 11.5 Å². The Morgan fingerprint density at radius 3 is 2.87 bits per heavy atom. The van der Waals surface area contributed by atoms with Crippen molar-refractivity contribution in [1.82, 2.24) is 5.32 Å². The molecule has 128 valence electrons. The van der Waals surface area contributed by atoms with Crippen molar-refractivity contribution >= 4 is 5.91 Å². The molecule has 1 fully saturated rings. The smallest absolute Gasteiger partial charge is 0.387 e. The average molecular weight is 328 g/mol.